The summed E-state index contributed by atoms with van der Waals surface area (Å²) in [6.45, 7) is 7.92. The molecule has 0 aliphatic rings. The minimum Gasteiger partial charge on any atom is -0.308 e. The van der Waals surface area contributed by atoms with Crippen LogP contribution in [0, 0.1) is 19.8 Å². The molecule has 0 aliphatic heterocycles. The lowest BCUT2D eigenvalue weighted by Crippen LogP contribution is -2.25. The number of anilines is 1. The van der Waals surface area contributed by atoms with Gasteiger partial charge in [-0.1, -0.05) is 37.6 Å². The molecule has 4 nitrogen and oxygen atoms in total. The van der Waals surface area contributed by atoms with Crippen LogP contribution in [0.3, 0.4) is 0 Å². The Kier molecular flexibility index (Phi) is 4.68. The average Bonchev–Trinajstić information content (AvgIpc) is 2.73. The number of benzene rings is 1. The van der Waals surface area contributed by atoms with Gasteiger partial charge in [0.1, 0.15) is 0 Å². The van der Waals surface area contributed by atoms with Crippen molar-refractivity contribution in [3.05, 3.63) is 46.1 Å². The maximum absolute atomic E-state index is 12.6. The molecule has 0 radical (unpaired) electrons. The molecule has 2 rings (SSSR count). The minimum absolute atomic E-state index is 0.0538. The SMILES string of the molecule is Cc1[nH]nc(NC(=O)C(c2ccc(Cl)cc2)C(C)C)c1C. The highest BCUT2D eigenvalue weighted by atomic mass is 35.5. The van der Waals surface area contributed by atoms with Crippen LogP contribution in [0.5, 0.6) is 0 Å². The van der Waals surface area contributed by atoms with Gasteiger partial charge >= 0.3 is 0 Å². The number of halogens is 1. The zero-order chi connectivity index (χ0) is 15.6. The summed E-state index contributed by atoms with van der Waals surface area (Å²) in [5.74, 6) is 0.476. The molecule has 0 spiro atoms. The number of rotatable bonds is 4. The van der Waals surface area contributed by atoms with Crippen molar-refractivity contribution in [1.82, 2.24) is 10.2 Å². The molecular formula is C16H20ClN3O. The summed E-state index contributed by atoms with van der Waals surface area (Å²) in [4.78, 5) is 12.6. The van der Waals surface area contributed by atoms with Crippen molar-refractivity contribution >= 4 is 23.3 Å². The molecule has 1 aromatic heterocycles. The van der Waals surface area contributed by atoms with E-state index in [-0.39, 0.29) is 17.7 Å². The van der Waals surface area contributed by atoms with E-state index >= 15 is 0 Å². The number of H-pyrrole nitrogens is 1. The highest BCUT2D eigenvalue weighted by molar-refractivity contribution is 6.30. The normalized spacial score (nSPS) is 12.5. The van der Waals surface area contributed by atoms with Gasteiger partial charge in [0.2, 0.25) is 5.91 Å². The maximum atomic E-state index is 12.6. The summed E-state index contributed by atoms with van der Waals surface area (Å²) in [6, 6.07) is 7.41. The molecule has 1 unspecified atom stereocenters. The number of aryl methyl sites for hydroxylation is 1. The van der Waals surface area contributed by atoms with Crippen LogP contribution < -0.4 is 5.32 Å². The monoisotopic (exact) mass is 305 g/mol. The molecule has 0 saturated carbocycles. The Morgan fingerprint density at radius 2 is 1.86 bits per heavy atom. The number of carbonyl (C=O) groups excluding carboxylic acids is 1. The van der Waals surface area contributed by atoms with Crippen molar-refractivity contribution in [3.63, 3.8) is 0 Å². The Hall–Kier alpha value is -1.81. The number of aromatic amines is 1. The van der Waals surface area contributed by atoms with Crippen LogP contribution in [0.4, 0.5) is 5.82 Å². The fraction of sp³-hybridized carbons (Fsp3) is 0.375. The molecule has 0 saturated heterocycles. The molecular weight excluding hydrogens is 286 g/mol. The van der Waals surface area contributed by atoms with E-state index in [0.29, 0.717) is 10.8 Å². The first kappa shape index (κ1) is 15.6. The van der Waals surface area contributed by atoms with Gasteiger partial charge < -0.3 is 5.32 Å². The molecule has 0 aliphatic carbocycles. The van der Waals surface area contributed by atoms with E-state index < -0.39 is 0 Å². The van der Waals surface area contributed by atoms with E-state index in [4.69, 9.17) is 11.6 Å². The summed E-state index contributed by atoms with van der Waals surface area (Å²) in [7, 11) is 0. The Labute approximate surface area is 129 Å². The second-order valence-corrected chi connectivity index (χ2v) is 6.02. The van der Waals surface area contributed by atoms with Crippen molar-refractivity contribution < 1.29 is 4.79 Å². The van der Waals surface area contributed by atoms with E-state index in [2.05, 4.69) is 15.5 Å². The first-order chi connectivity index (χ1) is 9.90. The van der Waals surface area contributed by atoms with Crippen LogP contribution >= 0.6 is 11.6 Å². The third-order valence-corrected chi connectivity index (χ3v) is 3.92. The molecule has 112 valence electrons. The predicted octanol–water partition coefficient (Wildman–Crippen LogP) is 4.06. The topological polar surface area (TPSA) is 57.8 Å². The quantitative estimate of drug-likeness (QED) is 0.895. The standard InChI is InChI=1S/C16H20ClN3O/c1-9(2)14(12-5-7-13(17)8-6-12)16(21)18-15-10(3)11(4)19-20-15/h5-9,14H,1-4H3,(H2,18,19,20,21). The van der Waals surface area contributed by atoms with Crippen LogP contribution in [0.25, 0.3) is 0 Å². The zero-order valence-electron chi connectivity index (χ0n) is 12.7. The molecule has 5 heteroatoms. The smallest absolute Gasteiger partial charge is 0.233 e. The molecule has 1 amide bonds. The molecule has 1 heterocycles. The molecule has 0 fully saturated rings. The van der Waals surface area contributed by atoms with Crippen LogP contribution in [0.1, 0.15) is 36.6 Å². The van der Waals surface area contributed by atoms with Gasteiger partial charge in [0, 0.05) is 16.3 Å². The third-order valence-electron chi connectivity index (χ3n) is 3.67. The molecule has 1 aromatic carbocycles. The fourth-order valence-corrected chi connectivity index (χ4v) is 2.44. The third kappa shape index (κ3) is 3.45. The van der Waals surface area contributed by atoms with Gasteiger partial charge in [-0.25, -0.2) is 0 Å². The van der Waals surface area contributed by atoms with Gasteiger partial charge in [-0.3, -0.25) is 9.89 Å². The number of aromatic nitrogens is 2. The first-order valence-corrected chi connectivity index (χ1v) is 7.36. The maximum Gasteiger partial charge on any atom is 0.233 e. The van der Waals surface area contributed by atoms with Crippen molar-refractivity contribution in [1.29, 1.82) is 0 Å². The van der Waals surface area contributed by atoms with Crippen LogP contribution in [0.15, 0.2) is 24.3 Å². The van der Waals surface area contributed by atoms with Crippen LogP contribution in [-0.2, 0) is 4.79 Å². The number of hydrogen-bond donors (Lipinski definition) is 2. The van der Waals surface area contributed by atoms with Gasteiger partial charge in [-0.05, 0) is 37.5 Å². The number of amides is 1. The van der Waals surface area contributed by atoms with Crippen LogP contribution in [0.2, 0.25) is 5.02 Å². The fourth-order valence-electron chi connectivity index (χ4n) is 2.31. The molecule has 2 N–H and O–H groups in total. The van der Waals surface area contributed by atoms with Gasteiger partial charge in [0.15, 0.2) is 5.82 Å². The average molecular weight is 306 g/mol. The van der Waals surface area contributed by atoms with Crippen molar-refractivity contribution in [3.8, 4) is 0 Å². The lowest BCUT2D eigenvalue weighted by molar-refractivity contribution is -0.118. The lowest BCUT2D eigenvalue weighted by atomic mass is 9.87. The van der Waals surface area contributed by atoms with Crippen molar-refractivity contribution in [2.24, 2.45) is 5.92 Å². The Balaban J connectivity index is 2.24. The Morgan fingerprint density at radius 3 is 2.33 bits per heavy atom. The summed E-state index contributed by atoms with van der Waals surface area (Å²) in [6.07, 6.45) is 0. The van der Waals surface area contributed by atoms with E-state index in [1.54, 1.807) is 0 Å². The van der Waals surface area contributed by atoms with Crippen LogP contribution in [-0.4, -0.2) is 16.1 Å². The first-order valence-electron chi connectivity index (χ1n) is 6.98. The second-order valence-electron chi connectivity index (χ2n) is 5.58. The number of carbonyl (C=O) groups is 1. The van der Waals surface area contributed by atoms with Crippen molar-refractivity contribution in [2.75, 3.05) is 5.32 Å². The lowest BCUT2D eigenvalue weighted by Gasteiger charge is -2.20. The van der Waals surface area contributed by atoms with E-state index in [1.165, 1.54) is 0 Å². The highest BCUT2D eigenvalue weighted by Gasteiger charge is 2.25. The molecule has 21 heavy (non-hydrogen) atoms. The van der Waals surface area contributed by atoms with E-state index in [0.717, 1.165) is 16.8 Å². The number of nitrogens with one attached hydrogen (secondary N) is 2. The minimum atomic E-state index is -0.237. The summed E-state index contributed by atoms with van der Waals surface area (Å²) >= 11 is 5.91. The predicted molar refractivity (Wildman–Crippen MR) is 85.7 cm³/mol. The number of hydrogen-bond acceptors (Lipinski definition) is 2. The second kappa shape index (κ2) is 6.31. The van der Waals surface area contributed by atoms with Crippen molar-refractivity contribution in [2.45, 2.75) is 33.6 Å². The van der Waals surface area contributed by atoms with Gasteiger partial charge in [-0.15, -0.1) is 0 Å². The van der Waals surface area contributed by atoms with Gasteiger partial charge in [0.25, 0.3) is 0 Å². The number of nitrogens with zero attached hydrogens (tertiary/aromatic N) is 1. The zero-order valence-corrected chi connectivity index (χ0v) is 13.5. The Bertz CT molecular complexity index is 631. The highest BCUT2D eigenvalue weighted by Crippen LogP contribution is 2.27. The van der Waals surface area contributed by atoms with E-state index in [9.17, 15) is 4.79 Å². The summed E-state index contributed by atoms with van der Waals surface area (Å²) < 4.78 is 0. The Morgan fingerprint density at radius 1 is 1.24 bits per heavy atom. The van der Waals surface area contributed by atoms with Gasteiger partial charge in [-0.2, -0.15) is 5.10 Å². The summed E-state index contributed by atoms with van der Waals surface area (Å²) in [5, 5.41) is 10.6. The molecule has 1 atom stereocenters. The largest absolute Gasteiger partial charge is 0.308 e. The van der Waals surface area contributed by atoms with Gasteiger partial charge in [0.05, 0.1) is 5.92 Å². The molecule has 2 aromatic rings. The van der Waals surface area contributed by atoms with E-state index in [1.807, 2.05) is 52.0 Å². The summed E-state index contributed by atoms with van der Waals surface area (Å²) in [5.41, 5.74) is 2.87. The molecule has 0 bridgehead atoms.